The number of hydrogen-bond donors (Lipinski definition) is 1. The number of anilines is 2. The Kier molecular flexibility index (Phi) is 6.51. The first-order valence-electron chi connectivity index (χ1n) is 11.9. The van der Waals surface area contributed by atoms with E-state index in [0.29, 0.717) is 39.9 Å². The number of benzene rings is 2. The Hall–Kier alpha value is -4.42. The molecule has 192 valence electrons. The van der Waals surface area contributed by atoms with E-state index in [9.17, 15) is 10.1 Å². The molecule has 0 radical (unpaired) electrons. The Morgan fingerprint density at radius 2 is 1.92 bits per heavy atom. The third kappa shape index (κ3) is 3.94. The number of carbonyl (C=O) groups excluding carboxylic acids is 1. The number of hydrogen-bond acceptors (Lipinski definition) is 6. The molecule has 0 fully saturated rings. The lowest BCUT2D eigenvalue weighted by Gasteiger charge is -2.29. The van der Waals surface area contributed by atoms with Crippen LogP contribution in [0.15, 0.2) is 54.7 Å². The zero-order chi connectivity index (χ0) is 27.1. The molecule has 8 nitrogen and oxygen atoms in total. The van der Waals surface area contributed by atoms with Crippen molar-refractivity contribution in [2.24, 2.45) is 0 Å². The minimum atomic E-state index is -0.683. The zero-order valence-electron chi connectivity index (χ0n) is 21.2. The number of halogens is 2. The van der Waals surface area contributed by atoms with Crippen LogP contribution in [0, 0.1) is 17.1 Å². The van der Waals surface area contributed by atoms with Gasteiger partial charge in [0, 0.05) is 19.3 Å². The molecule has 0 unspecified atom stereocenters. The lowest BCUT2D eigenvalue weighted by Crippen LogP contribution is -2.30. The fourth-order valence-electron chi connectivity index (χ4n) is 4.92. The molecule has 1 atom stereocenters. The highest BCUT2D eigenvalue weighted by molar-refractivity contribution is 6.31. The quantitative estimate of drug-likeness (QED) is 0.329. The minimum Gasteiger partial charge on any atom is -0.480 e. The molecule has 10 heteroatoms. The number of fused-ring (bicyclic) bond motifs is 1. The number of rotatable bonds is 6. The van der Waals surface area contributed by atoms with Gasteiger partial charge in [-0.2, -0.15) is 10.2 Å². The van der Waals surface area contributed by atoms with Crippen molar-refractivity contribution in [3.05, 3.63) is 88.0 Å². The lowest BCUT2D eigenvalue weighted by molar-refractivity contribution is 0.0992. The van der Waals surface area contributed by atoms with Crippen LogP contribution in [0.25, 0.3) is 11.3 Å². The number of amides is 1. The number of nitriles is 1. The molecule has 0 saturated carbocycles. The Balaban J connectivity index is 1.79. The van der Waals surface area contributed by atoms with Crippen LogP contribution < -0.4 is 15.0 Å². The van der Waals surface area contributed by atoms with E-state index >= 15 is 4.39 Å². The standard InChI is InChI=1S/C28H24ClFN6O2/c1-15(2)35-22(19-14-33-28(32-3)34-26(19)38-4)12-18-25(35)24(17-10-8-16(13-31)9-11-17)36(27(18)37)21-7-5-6-20(29)23(21)30/h5-12,14-15,24H,1-4H3,(H,32,33,34)/t24-/m0/s1. The topological polar surface area (TPSA) is 96.1 Å². The van der Waals surface area contributed by atoms with Gasteiger partial charge in [-0.25, -0.2) is 9.37 Å². The molecule has 0 bridgehead atoms. The summed E-state index contributed by atoms with van der Waals surface area (Å²) in [5.41, 5.74) is 3.68. The molecule has 1 aliphatic heterocycles. The Morgan fingerprint density at radius 1 is 1.18 bits per heavy atom. The summed E-state index contributed by atoms with van der Waals surface area (Å²) < 4.78 is 22.9. The number of aromatic nitrogens is 3. The van der Waals surface area contributed by atoms with Gasteiger partial charge in [0.15, 0.2) is 5.82 Å². The number of nitrogens with zero attached hydrogens (tertiary/aromatic N) is 5. The van der Waals surface area contributed by atoms with Crippen molar-refractivity contribution in [1.29, 1.82) is 5.26 Å². The highest BCUT2D eigenvalue weighted by Crippen LogP contribution is 2.47. The van der Waals surface area contributed by atoms with Crippen LogP contribution in [0.4, 0.5) is 16.0 Å². The van der Waals surface area contributed by atoms with E-state index in [-0.39, 0.29) is 22.7 Å². The molecule has 4 aromatic rings. The van der Waals surface area contributed by atoms with Crippen molar-refractivity contribution in [3.63, 3.8) is 0 Å². The summed E-state index contributed by atoms with van der Waals surface area (Å²) in [7, 11) is 3.24. The highest BCUT2D eigenvalue weighted by atomic mass is 35.5. The van der Waals surface area contributed by atoms with Gasteiger partial charge in [-0.15, -0.1) is 0 Å². The van der Waals surface area contributed by atoms with Crippen LogP contribution in [0.2, 0.25) is 5.02 Å². The number of methoxy groups -OCH3 is 1. The van der Waals surface area contributed by atoms with Crippen LogP contribution >= 0.6 is 11.6 Å². The van der Waals surface area contributed by atoms with E-state index in [0.717, 1.165) is 5.56 Å². The SMILES string of the molecule is CNc1ncc(-c2cc3c(n2C(C)C)[C@H](c2ccc(C#N)cc2)N(c2cccc(Cl)c2F)C3=O)c(OC)n1. The maximum absolute atomic E-state index is 15.3. The van der Waals surface area contributed by atoms with Crippen molar-refractivity contribution in [3.8, 4) is 23.2 Å². The molecule has 0 aliphatic carbocycles. The third-order valence-corrected chi connectivity index (χ3v) is 6.84. The average molecular weight is 531 g/mol. The van der Waals surface area contributed by atoms with Gasteiger partial charge < -0.3 is 14.6 Å². The van der Waals surface area contributed by atoms with Crippen LogP contribution in [-0.2, 0) is 0 Å². The first-order valence-corrected chi connectivity index (χ1v) is 12.3. The summed E-state index contributed by atoms with van der Waals surface area (Å²) in [6.07, 6.45) is 1.65. The second-order valence-electron chi connectivity index (χ2n) is 9.04. The largest absolute Gasteiger partial charge is 0.480 e. The molecule has 3 heterocycles. The van der Waals surface area contributed by atoms with Gasteiger partial charge in [0.25, 0.3) is 5.91 Å². The van der Waals surface area contributed by atoms with Crippen LogP contribution in [-0.4, -0.2) is 34.6 Å². The van der Waals surface area contributed by atoms with Gasteiger partial charge in [0.05, 0.1) is 52.0 Å². The van der Waals surface area contributed by atoms with Crippen LogP contribution in [0.5, 0.6) is 5.88 Å². The summed E-state index contributed by atoms with van der Waals surface area (Å²) in [5.74, 6) is -0.305. The highest BCUT2D eigenvalue weighted by Gasteiger charge is 2.44. The van der Waals surface area contributed by atoms with Crippen molar-refractivity contribution in [2.45, 2.75) is 25.9 Å². The van der Waals surface area contributed by atoms with E-state index in [1.165, 1.54) is 24.1 Å². The van der Waals surface area contributed by atoms with Crippen LogP contribution in [0.3, 0.4) is 0 Å². The maximum Gasteiger partial charge on any atom is 0.261 e. The van der Waals surface area contributed by atoms with E-state index in [4.69, 9.17) is 16.3 Å². The molecule has 5 rings (SSSR count). The molecule has 2 aromatic heterocycles. The van der Waals surface area contributed by atoms with Gasteiger partial charge in [0.2, 0.25) is 11.8 Å². The fourth-order valence-corrected chi connectivity index (χ4v) is 5.08. The molecule has 1 N–H and O–H groups in total. The van der Waals surface area contributed by atoms with Gasteiger partial charge in [-0.3, -0.25) is 9.69 Å². The van der Waals surface area contributed by atoms with E-state index in [2.05, 4.69) is 21.4 Å². The Morgan fingerprint density at radius 3 is 2.55 bits per heavy atom. The summed E-state index contributed by atoms with van der Waals surface area (Å²) in [6, 6.07) is 14.6. The van der Waals surface area contributed by atoms with Gasteiger partial charge in [0.1, 0.15) is 6.04 Å². The molecule has 2 aromatic carbocycles. The average Bonchev–Trinajstić information content (AvgIpc) is 3.45. The monoisotopic (exact) mass is 530 g/mol. The molecular weight excluding hydrogens is 507 g/mol. The second kappa shape index (κ2) is 9.80. The molecule has 0 spiro atoms. The van der Waals surface area contributed by atoms with E-state index < -0.39 is 11.9 Å². The van der Waals surface area contributed by atoms with Gasteiger partial charge >= 0.3 is 0 Å². The zero-order valence-corrected chi connectivity index (χ0v) is 21.9. The summed E-state index contributed by atoms with van der Waals surface area (Å²) in [5, 5.41) is 12.1. The molecule has 38 heavy (non-hydrogen) atoms. The second-order valence-corrected chi connectivity index (χ2v) is 9.45. The van der Waals surface area contributed by atoms with Crippen molar-refractivity contribution >= 4 is 29.1 Å². The first-order chi connectivity index (χ1) is 18.3. The van der Waals surface area contributed by atoms with Crippen molar-refractivity contribution < 1.29 is 13.9 Å². The molecule has 1 amide bonds. The van der Waals surface area contributed by atoms with E-state index in [1.807, 2.05) is 18.4 Å². The van der Waals surface area contributed by atoms with Gasteiger partial charge in [-0.05, 0) is 49.7 Å². The summed E-state index contributed by atoms with van der Waals surface area (Å²) in [6.45, 7) is 4.00. The lowest BCUT2D eigenvalue weighted by atomic mass is 10.0. The fraction of sp³-hybridized carbons (Fsp3) is 0.214. The molecule has 1 aliphatic rings. The Bertz CT molecular complexity index is 1590. The van der Waals surface area contributed by atoms with E-state index in [1.54, 1.807) is 49.6 Å². The smallest absolute Gasteiger partial charge is 0.261 e. The molecular formula is C28H24ClFN6O2. The van der Waals surface area contributed by atoms with Crippen LogP contribution in [0.1, 0.15) is 53.1 Å². The number of ether oxygens (including phenoxy) is 1. The van der Waals surface area contributed by atoms with Gasteiger partial charge in [-0.1, -0.05) is 29.8 Å². The summed E-state index contributed by atoms with van der Waals surface area (Å²) in [4.78, 5) is 24.2. The predicted molar refractivity (Wildman–Crippen MR) is 143 cm³/mol. The predicted octanol–water partition coefficient (Wildman–Crippen LogP) is 5.99. The molecule has 0 saturated heterocycles. The number of carbonyl (C=O) groups is 1. The normalized spacial score (nSPS) is 14.5. The van der Waals surface area contributed by atoms with Crippen molar-refractivity contribution in [1.82, 2.24) is 14.5 Å². The third-order valence-electron chi connectivity index (χ3n) is 6.55. The van der Waals surface area contributed by atoms with Crippen molar-refractivity contribution in [2.75, 3.05) is 24.4 Å². The Labute approximate surface area is 224 Å². The minimum absolute atomic E-state index is 0.0733. The first kappa shape index (κ1) is 25.2. The number of nitrogens with one attached hydrogen (secondary N) is 1. The maximum atomic E-state index is 15.3. The summed E-state index contributed by atoms with van der Waals surface area (Å²) >= 11 is 6.12.